The molecule has 0 aliphatic heterocycles. The zero-order valence-corrected chi connectivity index (χ0v) is 10.4. The van der Waals surface area contributed by atoms with Gasteiger partial charge in [-0.1, -0.05) is 6.92 Å². The van der Waals surface area contributed by atoms with Crippen molar-refractivity contribution in [2.45, 2.75) is 32.2 Å². The van der Waals surface area contributed by atoms with Gasteiger partial charge < -0.3 is 11.1 Å². The summed E-state index contributed by atoms with van der Waals surface area (Å²) >= 11 is 0. The fraction of sp³-hybridized carbons (Fsp3) is 0.900. The second kappa shape index (κ2) is 5.63. The second-order valence-electron chi connectivity index (χ2n) is 4.47. The molecule has 1 fully saturated rings. The summed E-state index contributed by atoms with van der Waals surface area (Å²) in [6.07, 6.45) is 2.87. The Balaban J connectivity index is 2.29. The molecular weight excluding hydrogens is 228 g/mol. The molecule has 1 aliphatic rings. The number of carbonyl (C=O) groups is 1. The van der Waals surface area contributed by atoms with Crippen LogP contribution in [0.4, 0.5) is 0 Å². The van der Waals surface area contributed by atoms with Crippen LogP contribution in [0, 0.1) is 5.92 Å². The van der Waals surface area contributed by atoms with Crippen molar-refractivity contribution in [3.05, 3.63) is 0 Å². The highest BCUT2D eigenvalue weighted by Gasteiger charge is 2.24. The molecule has 0 aromatic carbocycles. The molecule has 0 saturated heterocycles. The summed E-state index contributed by atoms with van der Waals surface area (Å²) in [6, 6.07) is -0.374. The molecule has 0 spiro atoms. The van der Waals surface area contributed by atoms with Gasteiger partial charge in [0.25, 0.3) is 0 Å². The monoisotopic (exact) mass is 248 g/mol. The maximum atomic E-state index is 11.5. The molecule has 94 valence electrons. The SMILES string of the molecule is CCC(N)CS(=O)(=O)CC(=O)NCC1CC1. The van der Waals surface area contributed by atoms with Gasteiger partial charge in [0.1, 0.15) is 5.75 Å². The van der Waals surface area contributed by atoms with Crippen LogP contribution in [0.5, 0.6) is 0 Å². The van der Waals surface area contributed by atoms with Gasteiger partial charge in [0.2, 0.25) is 5.91 Å². The van der Waals surface area contributed by atoms with Crippen LogP contribution >= 0.6 is 0 Å². The summed E-state index contributed by atoms with van der Waals surface area (Å²) in [5.74, 6) is -0.395. The lowest BCUT2D eigenvalue weighted by molar-refractivity contribution is -0.118. The van der Waals surface area contributed by atoms with E-state index in [2.05, 4.69) is 5.32 Å². The van der Waals surface area contributed by atoms with Crippen LogP contribution in [0.15, 0.2) is 0 Å². The van der Waals surface area contributed by atoms with E-state index in [1.54, 1.807) is 0 Å². The van der Waals surface area contributed by atoms with Crippen molar-refractivity contribution in [2.24, 2.45) is 11.7 Å². The Labute approximate surface area is 96.7 Å². The lowest BCUT2D eigenvalue weighted by Crippen LogP contribution is -2.36. The summed E-state index contributed by atoms with van der Waals surface area (Å²) in [6.45, 7) is 2.43. The first-order valence-electron chi connectivity index (χ1n) is 5.65. The van der Waals surface area contributed by atoms with Crippen molar-refractivity contribution in [3.8, 4) is 0 Å². The zero-order valence-electron chi connectivity index (χ0n) is 9.61. The normalized spacial score (nSPS) is 18.1. The van der Waals surface area contributed by atoms with Crippen molar-refractivity contribution in [1.82, 2.24) is 5.32 Å². The number of nitrogens with one attached hydrogen (secondary N) is 1. The van der Waals surface area contributed by atoms with Gasteiger partial charge in [0.15, 0.2) is 9.84 Å². The molecule has 3 N–H and O–H groups in total. The quantitative estimate of drug-likeness (QED) is 0.645. The molecule has 1 amide bonds. The summed E-state index contributed by atoms with van der Waals surface area (Å²) in [5.41, 5.74) is 5.56. The predicted octanol–water partition coefficient (Wildman–Crippen LogP) is -0.335. The van der Waals surface area contributed by atoms with E-state index in [9.17, 15) is 13.2 Å². The molecule has 5 nitrogen and oxygen atoms in total. The average molecular weight is 248 g/mol. The molecule has 6 heteroatoms. The lowest BCUT2D eigenvalue weighted by Gasteiger charge is -2.09. The molecule has 1 saturated carbocycles. The maximum absolute atomic E-state index is 11.5. The van der Waals surface area contributed by atoms with E-state index in [0.29, 0.717) is 18.9 Å². The van der Waals surface area contributed by atoms with Gasteiger partial charge in [-0.3, -0.25) is 4.79 Å². The summed E-state index contributed by atoms with van der Waals surface area (Å²) in [5, 5.41) is 2.63. The first kappa shape index (κ1) is 13.4. The predicted molar refractivity (Wildman–Crippen MR) is 62.7 cm³/mol. The Kier molecular flexibility index (Phi) is 4.73. The van der Waals surface area contributed by atoms with Crippen LogP contribution in [0.25, 0.3) is 0 Å². The molecular formula is C10H20N2O3S. The minimum Gasteiger partial charge on any atom is -0.355 e. The van der Waals surface area contributed by atoms with Crippen molar-refractivity contribution < 1.29 is 13.2 Å². The third-order valence-electron chi connectivity index (χ3n) is 2.63. The Morgan fingerprint density at radius 2 is 2.12 bits per heavy atom. The van der Waals surface area contributed by atoms with E-state index in [1.165, 1.54) is 0 Å². The van der Waals surface area contributed by atoms with Gasteiger partial charge in [-0.05, 0) is 25.2 Å². The van der Waals surface area contributed by atoms with Gasteiger partial charge >= 0.3 is 0 Å². The van der Waals surface area contributed by atoms with E-state index in [4.69, 9.17) is 5.73 Å². The Morgan fingerprint density at radius 3 is 2.62 bits per heavy atom. The zero-order chi connectivity index (χ0) is 12.2. The molecule has 1 atom stereocenters. The van der Waals surface area contributed by atoms with E-state index in [0.717, 1.165) is 12.8 Å². The van der Waals surface area contributed by atoms with Crippen LogP contribution in [0.3, 0.4) is 0 Å². The number of hydrogen-bond donors (Lipinski definition) is 2. The van der Waals surface area contributed by atoms with E-state index in [-0.39, 0.29) is 11.8 Å². The van der Waals surface area contributed by atoms with Crippen LogP contribution in [0.1, 0.15) is 26.2 Å². The van der Waals surface area contributed by atoms with E-state index in [1.807, 2.05) is 6.92 Å². The molecule has 16 heavy (non-hydrogen) atoms. The number of amides is 1. The lowest BCUT2D eigenvalue weighted by atomic mass is 10.3. The van der Waals surface area contributed by atoms with E-state index >= 15 is 0 Å². The Hall–Kier alpha value is -0.620. The third kappa shape index (κ3) is 5.46. The number of sulfone groups is 1. The van der Waals surface area contributed by atoms with Crippen LogP contribution < -0.4 is 11.1 Å². The van der Waals surface area contributed by atoms with E-state index < -0.39 is 21.5 Å². The van der Waals surface area contributed by atoms with Gasteiger partial charge in [-0.25, -0.2) is 8.42 Å². The number of carbonyl (C=O) groups excluding carboxylic acids is 1. The van der Waals surface area contributed by atoms with Gasteiger partial charge in [-0.15, -0.1) is 0 Å². The fourth-order valence-corrected chi connectivity index (χ4v) is 2.84. The average Bonchev–Trinajstić information content (AvgIpc) is 2.96. The van der Waals surface area contributed by atoms with Crippen LogP contribution in [-0.4, -0.2) is 38.4 Å². The second-order valence-corrected chi connectivity index (χ2v) is 6.58. The van der Waals surface area contributed by atoms with Crippen molar-refractivity contribution in [1.29, 1.82) is 0 Å². The molecule has 0 aromatic heterocycles. The van der Waals surface area contributed by atoms with Crippen LogP contribution in [-0.2, 0) is 14.6 Å². The first-order valence-corrected chi connectivity index (χ1v) is 7.47. The highest BCUT2D eigenvalue weighted by Crippen LogP contribution is 2.27. The Bertz CT molecular complexity index is 336. The summed E-state index contributed by atoms with van der Waals surface area (Å²) in [7, 11) is -3.36. The highest BCUT2D eigenvalue weighted by molar-refractivity contribution is 7.92. The first-order chi connectivity index (χ1) is 7.43. The smallest absolute Gasteiger partial charge is 0.235 e. The molecule has 0 heterocycles. The standard InChI is InChI=1S/C10H20N2O3S/c1-2-9(11)6-16(14,15)7-10(13)12-5-8-3-4-8/h8-9H,2-7,11H2,1H3,(H,12,13). The highest BCUT2D eigenvalue weighted by atomic mass is 32.2. The van der Waals surface area contributed by atoms with Gasteiger partial charge in [0.05, 0.1) is 5.75 Å². The summed E-state index contributed by atoms with van der Waals surface area (Å²) < 4.78 is 23.1. The number of hydrogen-bond acceptors (Lipinski definition) is 4. The van der Waals surface area contributed by atoms with Crippen LogP contribution in [0.2, 0.25) is 0 Å². The topological polar surface area (TPSA) is 89.3 Å². The van der Waals surface area contributed by atoms with Crippen molar-refractivity contribution in [3.63, 3.8) is 0 Å². The minimum atomic E-state index is -3.36. The largest absolute Gasteiger partial charge is 0.355 e. The van der Waals surface area contributed by atoms with Crippen molar-refractivity contribution in [2.75, 3.05) is 18.1 Å². The number of nitrogens with two attached hydrogens (primary N) is 1. The molecule has 1 rings (SSSR count). The molecule has 0 aromatic rings. The fourth-order valence-electron chi connectivity index (χ4n) is 1.33. The number of rotatable bonds is 7. The van der Waals surface area contributed by atoms with Gasteiger partial charge in [0, 0.05) is 12.6 Å². The molecule has 0 radical (unpaired) electrons. The Morgan fingerprint density at radius 1 is 1.50 bits per heavy atom. The summed E-state index contributed by atoms with van der Waals surface area (Å²) in [4.78, 5) is 11.3. The minimum absolute atomic E-state index is 0.111. The maximum Gasteiger partial charge on any atom is 0.235 e. The van der Waals surface area contributed by atoms with Crippen molar-refractivity contribution >= 4 is 15.7 Å². The molecule has 1 unspecified atom stereocenters. The molecule has 0 bridgehead atoms. The van der Waals surface area contributed by atoms with Gasteiger partial charge in [-0.2, -0.15) is 0 Å². The molecule has 1 aliphatic carbocycles. The third-order valence-corrected chi connectivity index (χ3v) is 4.27.